The summed E-state index contributed by atoms with van der Waals surface area (Å²) in [6.07, 6.45) is 9.95. The standard InChI is InChI=1S/C15H27N3/c1-4-10-16-14-8-6-5-7-9-15(14)18-11-17-12(2)13(18)3/h11,14-16H,4-10H2,1-3H3. The van der Waals surface area contributed by atoms with Gasteiger partial charge in [-0.2, -0.15) is 0 Å². The molecule has 1 aliphatic carbocycles. The molecule has 2 unspecified atom stereocenters. The summed E-state index contributed by atoms with van der Waals surface area (Å²) in [6, 6.07) is 1.22. The first-order valence-corrected chi connectivity index (χ1v) is 7.47. The van der Waals surface area contributed by atoms with Gasteiger partial charge in [-0.25, -0.2) is 4.98 Å². The van der Waals surface area contributed by atoms with Crippen LogP contribution >= 0.6 is 0 Å². The highest BCUT2D eigenvalue weighted by Crippen LogP contribution is 2.29. The van der Waals surface area contributed by atoms with E-state index >= 15 is 0 Å². The van der Waals surface area contributed by atoms with Crippen LogP contribution in [0.4, 0.5) is 0 Å². The summed E-state index contributed by atoms with van der Waals surface area (Å²) in [4.78, 5) is 4.47. The number of nitrogens with one attached hydrogen (secondary N) is 1. The van der Waals surface area contributed by atoms with Gasteiger partial charge in [0.05, 0.1) is 18.1 Å². The maximum atomic E-state index is 4.47. The molecule has 0 spiro atoms. The number of imidazole rings is 1. The van der Waals surface area contributed by atoms with E-state index in [2.05, 4.69) is 35.6 Å². The first kappa shape index (κ1) is 13.6. The number of nitrogens with zero attached hydrogens (tertiary/aromatic N) is 2. The first-order chi connectivity index (χ1) is 8.74. The van der Waals surface area contributed by atoms with Crippen molar-refractivity contribution >= 4 is 0 Å². The molecule has 0 aliphatic heterocycles. The van der Waals surface area contributed by atoms with Crippen LogP contribution in [-0.2, 0) is 0 Å². The van der Waals surface area contributed by atoms with Gasteiger partial charge in [-0.3, -0.25) is 0 Å². The number of rotatable bonds is 4. The molecule has 0 aromatic carbocycles. The summed E-state index contributed by atoms with van der Waals surface area (Å²) in [5.41, 5.74) is 2.51. The molecular formula is C15H27N3. The van der Waals surface area contributed by atoms with Crippen molar-refractivity contribution in [3.8, 4) is 0 Å². The quantitative estimate of drug-likeness (QED) is 0.829. The molecule has 0 saturated heterocycles. The molecule has 1 saturated carbocycles. The molecule has 0 amide bonds. The van der Waals surface area contributed by atoms with Crippen LogP contribution in [0.15, 0.2) is 6.33 Å². The van der Waals surface area contributed by atoms with E-state index in [0.717, 1.165) is 6.54 Å². The first-order valence-electron chi connectivity index (χ1n) is 7.47. The molecular weight excluding hydrogens is 222 g/mol. The van der Waals surface area contributed by atoms with Gasteiger partial charge in [-0.1, -0.05) is 26.2 Å². The Hall–Kier alpha value is -0.830. The lowest BCUT2D eigenvalue weighted by atomic mass is 10.0. The average Bonchev–Trinajstić information content (AvgIpc) is 2.59. The van der Waals surface area contributed by atoms with E-state index in [9.17, 15) is 0 Å². The summed E-state index contributed by atoms with van der Waals surface area (Å²) in [7, 11) is 0. The highest BCUT2D eigenvalue weighted by Gasteiger charge is 2.25. The molecule has 2 atom stereocenters. The van der Waals surface area contributed by atoms with E-state index in [1.165, 1.54) is 49.9 Å². The van der Waals surface area contributed by atoms with Crippen molar-refractivity contribution in [1.29, 1.82) is 0 Å². The Kier molecular flexibility index (Phi) is 4.81. The smallest absolute Gasteiger partial charge is 0.0954 e. The Morgan fingerprint density at radius 1 is 1.28 bits per heavy atom. The van der Waals surface area contributed by atoms with Crippen LogP contribution in [0, 0.1) is 13.8 Å². The Labute approximate surface area is 111 Å². The molecule has 1 aliphatic rings. The largest absolute Gasteiger partial charge is 0.330 e. The summed E-state index contributed by atoms with van der Waals surface area (Å²) in [6.45, 7) is 7.68. The molecule has 0 radical (unpaired) electrons. The van der Waals surface area contributed by atoms with E-state index in [1.54, 1.807) is 0 Å². The van der Waals surface area contributed by atoms with E-state index in [-0.39, 0.29) is 0 Å². The highest BCUT2D eigenvalue weighted by atomic mass is 15.1. The zero-order chi connectivity index (χ0) is 13.0. The molecule has 2 rings (SSSR count). The van der Waals surface area contributed by atoms with Gasteiger partial charge in [0.15, 0.2) is 0 Å². The van der Waals surface area contributed by atoms with E-state index in [4.69, 9.17) is 0 Å². The van der Waals surface area contributed by atoms with Crippen LogP contribution in [0.25, 0.3) is 0 Å². The van der Waals surface area contributed by atoms with Crippen LogP contribution in [0.1, 0.15) is 62.9 Å². The summed E-state index contributed by atoms with van der Waals surface area (Å²) >= 11 is 0. The highest BCUT2D eigenvalue weighted by molar-refractivity contribution is 5.10. The van der Waals surface area contributed by atoms with Gasteiger partial charge in [0.25, 0.3) is 0 Å². The van der Waals surface area contributed by atoms with Gasteiger partial charge in [0, 0.05) is 11.7 Å². The zero-order valence-corrected chi connectivity index (χ0v) is 12.1. The molecule has 1 N–H and O–H groups in total. The lowest BCUT2D eigenvalue weighted by Crippen LogP contribution is -2.37. The molecule has 1 aromatic rings. The Morgan fingerprint density at radius 2 is 2.06 bits per heavy atom. The molecule has 1 heterocycles. The SMILES string of the molecule is CCCNC1CCCCCC1n1cnc(C)c1C. The number of hydrogen-bond acceptors (Lipinski definition) is 2. The van der Waals surface area contributed by atoms with Gasteiger partial charge < -0.3 is 9.88 Å². The van der Waals surface area contributed by atoms with Crippen molar-refractivity contribution < 1.29 is 0 Å². The zero-order valence-electron chi connectivity index (χ0n) is 12.1. The maximum absolute atomic E-state index is 4.47. The topological polar surface area (TPSA) is 29.9 Å². The Balaban J connectivity index is 2.16. The van der Waals surface area contributed by atoms with Gasteiger partial charge in [0.1, 0.15) is 0 Å². The van der Waals surface area contributed by atoms with Crippen LogP contribution in [-0.4, -0.2) is 22.1 Å². The third kappa shape index (κ3) is 2.94. The normalized spacial score (nSPS) is 25.1. The molecule has 1 fully saturated rings. The fourth-order valence-electron chi connectivity index (χ4n) is 3.04. The van der Waals surface area contributed by atoms with Crippen LogP contribution in [0.2, 0.25) is 0 Å². The van der Waals surface area contributed by atoms with Gasteiger partial charge in [-0.05, 0) is 39.7 Å². The average molecular weight is 249 g/mol. The molecule has 0 bridgehead atoms. The minimum atomic E-state index is 0.597. The second-order valence-corrected chi connectivity index (χ2v) is 5.59. The van der Waals surface area contributed by atoms with Crippen LogP contribution < -0.4 is 5.32 Å². The van der Waals surface area contributed by atoms with Crippen molar-refractivity contribution in [2.45, 2.75) is 71.4 Å². The second-order valence-electron chi connectivity index (χ2n) is 5.59. The van der Waals surface area contributed by atoms with E-state index in [0.29, 0.717) is 12.1 Å². The lowest BCUT2D eigenvalue weighted by molar-refractivity contribution is 0.327. The minimum Gasteiger partial charge on any atom is -0.330 e. The minimum absolute atomic E-state index is 0.597. The Morgan fingerprint density at radius 3 is 2.72 bits per heavy atom. The Bertz CT molecular complexity index is 370. The van der Waals surface area contributed by atoms with Crippen molar-refractivity contribution in [3.05, 3.63) is 17.7 Å². The van der Waals surface area contributed by atoms with Crippen LogP contribution in [0.5, 0.6) is 0 Å². The number of aromatic nitrogens is 2. The predicted molar refractivity (Wildman–Crippen MR) is 75.9 cm³/mol. The van der Waals surface area contributed by atoms with Crippen molar-refractivity contribution in [2.75, 3.05) is 6.54 Å². The maximum Gasteiger partial charge on any atom is 0.0954 e. The molecule has 3 nitrogen and oxygen atoms in total. The van der Waals surface area contributed by atoms with E-state index in [1.807, 2.05) is 6.33 Å². The molecule has 18 heavy (non-hydrogen) atoms. The summed E-state index contributed by atoms with van der Waals surface area (Å²) in [5, 5.41) is 3.75. The van der Waals surface area contributed by atoms with Crippen molar-refractivity contribution in [3.63, 3.8) is 0 Å². The predicted octanol–water partition coefficient (Wildman–Crippen LogP) is 3.37. The fourth-order valence-corrected chi connectivity index (χ4v) is 3.04. The van der Waals surface area contributed by atoms with Crippen molar-refractivity contribution in [1.82, 2.24) is 14.9 Å². The van der Waals surface area contributed by atoms with E-state index < -0.39 is 0 Å². The third-order valence-electron chi connectivity index (χ3n) is 4.28. The van der Waals surface area contributed by atoms with Gasteiger partial charge >= 0.3 is 0 Å². The summed E-state index contributed by atoms with van der Waals surface area (Å²) in [5.74, 6) is 0. The molecule has 102 valence electrons. The van der Waals surface area contributed by atoms with Crippen LogP contribution in [0.3, 0.4) is 0 Å². The van der Waals surface area contributed by atoms with Gasteiger partial charge in [-0.15, -0.1) is 0 Å². The number of hydrogen-bond donors (Lipinski definition) is 1. The molecule has 3 heteroatoms. The molecule has 1 aromatic heterocycles. The monoisotopic (exact) mass is 249 g/mol. The number of aryl methyl sites for hydroxylation is 1. The second kappa shape index (κ2) is 6.37. The third-order valence-corrected chi connectivity index (χ3v) is 4.28. The fraction of sp³-hybridized carbons (Fsp3) is 0.800. The van der Waals surface area contributed by atoms with Crippen molar-refractivity contribution in [2.24, 2.45) is 0 Å². The lowest BCUT2D eigenvalue weighted by Gasteiger charge is -2.28. The summed E-state index contributed by atoms with van der Waals surface area (Å²) < 4.78 is 2.41. The van der Waals surface area contributed by atoms with Gasteiger partial charge in [0.2, 0.25) is 0 Å².